The fourth-order valence-electron chi connectivity index (χ4n) is 5.96. The van der Waals surface area contributed by atoms with Gasteiger partial charge in [-0.15, -0.1) is 0 Å². The Hall–Kier alpha value is -3.56. The van der Waals surface area contributed by atoms with E-state index in [2.05, 4.69) is 25.4 Å². The molecule has 1 aromatic heterocycles. The van der Waals surface area contributed by atoms with Gasteiger partial charge in [0.25, 0.3) is 0 Å². The van der Waals surface area contributed by atoms with Crippen molar-refractivity contribution in [2.75, 3.05) is 52.2 Å². The number of nitrogens with one attached hydrogen (secondary N) is 3. The van der Waals surface area contributed by atoms with E-state index in [0.717, 1.165) is 41.7 Å². The van der Waals surface area contributed by atoms with E-state index >= 15 is 0 Å². The highest BCUT2D eigenvalue weighted by atomic mass is 16.5. The minimum atomic E-state index is -0.793. The van der Waals surface area contributed by atoms with E-state index < -0.39 is 6.04 Å². The number of rotatable bonds is 10. The average molecular weight is 561 g/mol. The molecular formula is C32H44N6O3. The zero-order valence-electron chi connectivity index (χ0n) is 24.8. The Labute approximate surface area is 243 Å². The van der Waals surface area contributed by atoms with E-state index in [1.165, 1.54) is 19.3 Å². The lowest BCUT2D eigenvalue weighted by Gasteiger charge is -2.43. The second-order valence-corrected chi connectivity index (χ2v) is 11.6. The van der Waals surface area contributed by atoms with Crippen molar-refractivity contribution in [1.82, 2.24) is 25.0 Å². The number of H-pyrrole nitrogens is 1. The molecule has 3 N–H and O–H groups in total. The number of carbonyl (C=O) groups excluding carboxylic acids is 2. The molecule has 3 aromatic rings. The number of benzene rings is 2. The van der Waals surface area contributed by atoms with Gasteiger partial charge < -0.3 is 30.2 Å². The molecule has 1 saturated carbocycles. The minimum Gasteiger partial charge on any atom is -0.492 e. The highest BCUT2D eigenvalue weighted by molar-refractivity contribution is 5.99. The normalized spacial score (nSPS) is 17.7. The molecule has 2 heterocycles. The van der Waals surface area contributed by atoms with E-state index in [-0.39, 0.29) is 17.9 Å². The number of aromatic nitrogens is 1. The summed E-state index contributed by atoms with van der Waals surface area (Å²) in [6.45, 7) is 8.22. The van der Waals surface area contributed by atoms with Gasteiger partial charge in [0.05, 0.1) is 12.3 Å². The van der Waals surface area contributed by atoms with E-state index in [9.17, 15) is 9.59 Å². The first-order chi connectivity index (χ1) is 19.8. The molecule has 9 heteroatoms. The Kier molecular flexibility index (Phi) is 9.15. The Morgan fingerprint density at radius 3 is 2.54 bits per heavy atom. The zero-order chi connectivity index (χ0) is 28.9. The Balaban J connectivity index is 1.38. The van der Waals surface area contributed by atoms with Gasteiger partial charge in [0.2, 0.25) is 5.91 Å². The molecule has 1 aliphatic carbocycles. The molecule has 41 heavy (non-hydrogen) atoms. The number of para-hydroxylation sites is 1. The molecule has 2 fully saturated rings. The summed E-state index contributed by atoms with van der Waals surface area (Å²) in [4.78, 5) is 37.4. The highest BCUT2D eigenvalue weighted by Gasteiger charge is 2.34. The average Bonchev–Trinajstić information content (AvgIpc) is 3.36. The van der Waals surface area contributed by atoms with E-state index in [1.54, 1.807) is 0 Å². The maximum atomic E-state index is 14.1. The van der Waals surface area contributed by atoms with Gasteiger partial charge in [0.1, 0.15) is 11.8 Å². The van der Waals surface area contributed by atoms with E-state index in [4.69, 9.17) is 4.74 Å². The monoisotopic (exact) mass is 560 g/mol. The molecular weight excluding hydrogens is 516 g/mol. The van der Waals surface area contributed by atoms with Gasteiger partial charge in [0, 0.05) is 61.8 Å². The molecule has 1 saturated heterocycles. The van der Waals surface area contributed by atoms with Crippen LogP contribution in [-0.4, -0.2) is 90.6 Å². The quantitative estimate of drug-likeness (QED) is 0.337. The predicted octanol–water partition coefficient (Wildman–Crippen LogP) is 4.62. The summed E-state index contributed by atoms with van der Waals surface area (Å²) in [5, 5.41) is 7.28. The van der Waals surface area contributed by atoms with Crippen LogP contribution in [0.25, 0.3) is 10.9 Å². The van der Waals surface area contributed by atoms with Crippen LogP contribution in [-0.2, 0) is 11.3 Å². The molecule has 3 amide bonds. The van der Waals surface area contributed by atoms with Crippen LogP contribution >= 0.6 is 0 Å². The highest BCUT2D eigenvalue weighted by Crippen LogP contribution is 2.31. The third-order valence-corrected chi connectivity index (χ3v) is 8.47. The van der Waals surface area contributed by atoms with Crippen LogP contribution in [0, 0.1) is 0 Å². The lowest BCUT2D eigenvalue weighted by atomic mass is 9.91. The summed E-state index contributed by atoms with van der Waals surface area (Å²) in [6.07, 6.45) is 5.77. The van der Waals surface area contributed by atoms with Crippen LogP contribution in [0.5, 0.6) is 5.75 Å². The number of hydrogen-bond acceptors (Lipinski definition) is 5. The molecule has 5 rings (SSSR count). The van der Waals surface area contributed by atoms with Crippen LogP contribution in [0.1, 0.15) is 50.2 Å². The van der Waals surface area contributed by atoms with Gasteiger partial charge >= 0.3 is 6.03 Å². The fraction of sp³-hybridized carbons (Fsp3) is 0.500. The third kappa shape index (κ3) is 6.68. The molecule has 9 nitrogen and oxygen atoms in total. The van der Waals surface area contributed by atoms with Crippen molar-refractivity contribution in [3.63, 3.8) is 0 Å². The van der Waals surface area contributed by atoms with Gasteiger partial charge in [-0.1, -0.05) is 37.6 Å². The summed E-state index contributed by atoms with van der Waals surface area (Å²) < 4.78 is 5.85. The first-order valence-corrected chi connectivity index (χ1v) is 14.9. The maximum Gasteiger partial charge on any atom is 0.318 e. The van der Waals surface area contributed by atoms with Crippen molar-refractivity contribution in [3.05, 3.63) is 59.8 Å². The van der Waals surface area contributed by atoms with Gasteiger partial charge in [-0.3, -0.25) is 9.69 Å². The third-order valence-electron chi connectivity index (χ3n) is 8.47. The summed E-state index contributed by atoms with van der Waals surface area (Å²) in [6, 6.07) is 13.6. The van der Waals surface area contributed by atoms with Crippen molar-refractivity contribution in [2.24, 2.45) is 0 Å². The van der Waals surface area contributed by atoms with Gasteiger partial charge in [-0.25, -0.2) is 4.79 Å². The number of fused-ring (bicyclic) bond motifs is 1. The predicted molar refractivity (Wildman–Crippen MR) is 163 cm³/mol. The van der Waals surface area contributed by atoms with Crippen molar-refractivity contribution in [3.8, 4) is 5.75 Å². The lowest BCUT2D eigenvalue weighted by Crippen LogP contribution is -2.58. The number of carbonyl (C=O) groups is 2. The number of amides is 3. The number of ether oxygens (including phenoxy) is 1. The zero-order valence-corrected chi connectivity index (χ0v) is 24.8. The number of aromatic amines is 1. The molecule has 1 aliphatic heterocycles. The number of anilines is 1. The lowest BCUT2D eigenvalue weighted by molar-refractivity contribution is -0.118. The Morgan fingerprint density at radius 2 is 1.85 bits per heavy atom. The van der Waals surface area contributed by atoms with Crippen LogP contribution < -0.4 is 15.4 Å². The first kappa shape index (κ1) is 29.0. The molecule has 0 bridgehead atoms. The van der Waals surface area contributed by atoms with Crippen LogP contribution in [0.15, 0.2) is 48.7 Å². The van der Waals surface area contributed by atoms with Gasteiger partial charge in [0.15, 0.2) is 0 Å². The van der Waals surface area contributed by atoms with E-state index in [1.807, 2.05) is 81.5 Å². The Bertz CT molecular complexity index is 1340. The second-order valence-electron chi connectivity index (χ2n) is 11.6. The summed E-state index contributed by atoms with van der Waals surface area (Å²) in [5.41, 5.74) is 3.66. The van der Waals surface area contributed by atoms with Crippen molar-refractivity contribution >= 4 is 28.5 Å². The smallest absolute Gasteiger partial charge is 0.318 e. The van der Waals surface area contributed by atoms with Crippen molar-refractivity contribution in [1.29, 1.82) is 0 Å². The summed E-state index contributed by atoms with van der Waals surface area (Å²) >= 11 is 0. The largest absolute Gasteiger partial charge is 0.492 e. The fourth-order valence-corrected chi connectivity index (χ4v) is 5.96. The van der Waals surface area contributed by atoms with Crippen LogP contribution in [0.4, 0.5) is 10.5 Å². The molecule has 0 radical (unpaired) electrons. The van der Waals surface area contributed by atoms with Crippen molar-refractivity contribution < 1.29 is 14.3 Å². The SMILES string of the molecule is CCOc1ccc(CN(C)C)cc1NC(=O)C(NC(=O)N1CCN(C2CCC2)CC1)C(C)c1c[nH]c2ccccc12. The summed E-state index contributed by atoms with van der Waals surface area (Å²) in [7, 11) is 4.02. The maximum absolute atomic E-state index is 14.1. The minimum absolute atomic E-state index is 0.198. The van der Waals surface area contributed by atoms with E-state index in [0.29, 0.717) is 37.2 Å². The summed E-state index contributed by atoms with van der Waals surface area (Å²) in [5.74, 6) is 0.0550. The Morgan fingerprint density at radius 1 is 1.10 bits per heavy atom. The van der Waals surface area contributed by atoms with Crippen LogP contribution in [0.2, 0.25) is 0 Å². The molecule has 2 atom stereocenters. The molecule has 220 valence electrons. The first-order valence-electron chi connectivity index (χ1n) is 14.9. The second kappa shape index (κ2) is 13.0. The number of hydrogen-bond donors (Lipinski definition) is 3. The number of nitrogens with zero attached hydrogens (tertiary/aromatic N) is 3. The molecule has 0 spiro atoms. The van der Waals surface area contributed by atoms with Crippen molar-refractivity contribution in [2.45, 2.75) is 57.7 Å². The van der Waals surface area contributed by atoms with Gasteiger partial charge in [-0.2, -0.15) is 0 Å². The number of piperazine rings is 1. The standard InChI is InChI=1S/C32H44N6O3/c1-5-41-29-14-13-23(21-36(3)4)19-28(29)34-31(39)30(22(2)26-20-33-27-12-7-6-11-25(26)27)35-32(40)38-17-15-37(16-18-38)24-9-8-10-24/h6-7,11-14,19-20,22,24,30,33H,5,8-10,15-18,21H2,1-4H3,(H,34,39)(H,35,40). The molecule has 2 aromatic carbocycles. The van der Waals surface area contributed by atoms with Gasteiger partial charge in [-0.05, 0) is 63.2 Å². The van der Waals surface area contributed by atoms with Crippen LogP contribution in [0.3, 0.4) is 0 Å². The molecule has 2 unspecified atom stereocenters. The topological polar surface area (TPSA) is 92.9 Å². The molecule has 2 aliphatic rings. The number of urea groups is 1.